The number of phenols is 1. The molecule has 2 aromatic heterocycles. The lowest BCUT2D eigenvalue weighted by Crippen LogP contribution is -2.30. The normalized spacial score (nSPS) is 10.6. The van der Waals surface area contributed by atoms with Crippen LogP contribution in [-0.2, 0) is 0 Å². The van der Waals surface area contributed by atoms with E-state index in [0.717, 1.165) is 0 Å². The van der Waals surface area contributed by atoms with Gasteiger partial charge in [0.1, 0.15) is 11.4 Å². The highest BCUT2D eigenvalue weighted by molar-refractivity contribution is 5.92. The van der Waals surface area contributed by atoms with Crippen molar-refractivity contribution in [3.8, 4) is 34.2 Å². The molecular weight excluding hydrogens is 346 g/mol. The summed E-state index contributed by atoms with van der Waals surface area (Å²) in [5, 5.41) is 9.55. The Hall–Kier alpha value is -3.35. The van der Waals surface area contributed by atoms with Crippen molar-refractivity contribution in [1.29, 1.82) is 0 Å². The third kappa shape index (κ3) is 3.76. The first-order valence-electron chi connectivity index (χ1n) is 8.67. The smallest absolute Gasteiger partial charge is 0.309 e. The lowest BCUT2D eigenvalue weighted by atomic mass is 10.1. The molecule has 0 atom stereocenters. The van der Waals surface area contributed by atoms with Crippen molar-refractivity contribution in [3.05, 3.63) is 48.5 Å². The van der Waals surface area contributed by atoms with Crippen molar-refractivity contribution >= 4 is 5.91 Å². The van der Waals surface area contributed by atoms with Crippen LogP contribution in [0.4, 0.5) is 0 Å². The number of aromatic nitrogens is 2. The largest absolute Gasteiger partial charge is 0.508 e. The summed E-state index contributed by atoms with van der Waals surface area (Å²) in [7, 11) is 1.54. The van der Waals surface area contributed by atoms with Crippen molar-refractivity contribution in [2.75, 3.05) is 20.2 Å². The van der Waals surface area contributed by atoms with Gasteiger partial charge in [-0.2, -0.15) is 0 Å². The molecule has 3 aromatic rings. The average Bonchev–Trinajstić information content (AvgIpc) is 3.15. The van der Waals surface area contributed by atoms with Crippen LogP contribution in [0.25, 0.3) is 22.6 Å². The predicted octanol–water partition coefficient (Wildman–Crippen LogP) is 3.60. The number of benzene rings is 1. The van der Waals surface area contributed by atoms with Gasteiger partial charge < -0.3 is 19.2 Å². The lowest BCUT2D eigenvalue weighted by Gasteiger charge is -2.15. The van der Waals surface area contributed by atoms with Crippen LogP contribution in [0.2, 0.25) is 0 Å². The van der Waals surface area contributed by atoms with Gasteiger partial charge in [-0.1, -0.05) is 0 Å². The van der Waals surface area contributed by atoms with Gasteiger partial charge in [-0.15, -0.1) is 0 Å². The zero-order valence-electron chi connectivity index (χ0n) is 15.5. The van der Waals surface area contributed by atoms with Gasteiger partial charge in [-0.25, -0.2) is 9.97 Å². The van der Waals surface area contributed by atoms with Crippen molar-refractivity contribution in [2.24, 2.45) is 0 Å². The zero-order valence-corrected chi connectivity index (χ0v) is 15.5. The van der Waals surface area contributed by atoms with Crippen molar-refractivity contribution in [3.63, 3.8) is 0 Å². The molecule has 3 rings (SSSR count). The molecule has 140 valence electrons. The van der Waals surface area contributed by atoms with Gasteiger partial charge in [0.15, 0.2) is 5.76 Å². The quantitative estimate of drug-likeness (QED) is 0.716. The Morgan fingerprint density at radius 3 is 2.33 bits per heavy atom. The fourth-order valence-electron chi connectivity index (χ4n) is 2.70. The van der Waals surface area contributed by atoms with Crippen LogP contribution in [0.15, 0.2) is 47.0 Å². The van der Waals surface area contributed by atoms with E-state index in [0.29, 0.717) is 41.6 Å². The Morgan fingerprint density at radius 2 is 1.78 bits per heavy atom. The van der Waals surface area contributed by atoms with Crippen molar-refractivity contribution in [2.45, 2.75) is 13.8 Å². The van der Waals surface area contributed by atoms with E-state index in [1.165, 1.54) is 0 Å². The second kappa shape index (κ2) is 7.90. The fraction of sp³-hybridized carbons (Fsp3) is 0.250. The van der Waals surface area contributed by atoms with E-state index in [9.17, 15) is 9.90 Å². The van der Waals surface area contributed by atoms with E-state index in [4.69, 9.17) is 9.15 Å². The Balaban J connectivity index is 2.11. The molecule has 7 nitrogen and oxygen atoms in total. The number of amides is 1. The van der Waals surface area contributed by atoms with E-state index >= 15 is 0 Å². The molecule has 0 bridgehead atoms. The molecule has 0 radical (unpaired) electrons. The Morgan fingerprint density at radius 1 is 1.11 bits per heavy atom. The summed E-state index contributed by atoms with van der Waals surface area (Å²) in [4.78, 5) is 23.0. The van der Waals surface area contributed by atoms with E-state index < -0.39 is 0 Å². The number of rotatable bonds is 6. The summed E-state index contributed by atoms with van der Waals surface area (Å²) in [5.74, 6) is 0.816. The number of nitrogens with zero attached hydrogens (tertiary/aromatic N) is 3. The van der Waals surface area contributed by atoms with E-state index in [1.54, 1.807) is 54.6 Å². The minimum Gasteiger partial charge on any atom is -0.508 e. The molecule has 0 fully saturated rings. The number of carbonyl (C=O) groups is 1. The van der Waals surface area contributed by atoms with Crippen LogP contribution in [0.3, 0.4) is 0 Å². The minimum absolute atomic E-state index is 0.0209. The number of hydrogen-bond acceptors (Lipinski definition) is 6. The molecule has 2 heterocycles. The van der Waals surface area contributed by atoms with E-state index in [2.05, 4.69) is 9.97 Å². The Bertz CT molecular complexity index is 913. The Labute approximate surface area is 157 Å². The number of hydrogen-bond donors (Lipinski definition) is 1. The molecule has 1 aromatic carbocycles. The van der Waals surface area contributed by atoms with Crippen LogP contribution in [0.1, 0.15) is 24.5 Å². The van der Waals surface area contributed by atoms with Crippen molar-refractivity contribution < 1.29 is 19.1 Å². The van der Waals surface area contributed by atoms with Gasteiger partial charge in [0, 0.05) is 36.5 Å². The number of pyridine rings is 1. The topological polar surface area (TPSA) is 88.7 Å². The molecule has 7 heteroatoms. The summed E-state index contributed by atoms with van der Waals surface area (Å²) in [6, 6.07) is 10.1. The maximum absolute atomic E-state index is 12.7. The number of carbonyl (C=O) groups excluding carboxylic acids is 1. The minimum atomic E-state index is -0.271. The second-order valence-corrected chi connectivity index (χ2v) is 5.81. The first kappa shape index (κ1) is 18.4. The maximum atomic E-state index is 12.7. The average molecular weight is 367 g/mol. The van der Waals surface area contributed by atoms with Gasteiger partial charge in [0.05, 0.1) is 7.11 Å². The molecule has 27 heavy (non-hydrogen) atoms. The van der Waals surface area contributed by atoms with Gasteiger partial charge in [-0.05, 0) is 44.2 Å². The summed E-state index contributed by atoms with van der Waals surface area (Å²) in [6.07, 6.45) is 1.62. The van der Waals surface area contributed by atoms with E-state index in [-0.39, 0.29) is 17.5 Å². The maximum Gasteiger partial charge on any atom is 0.309 e. The molecule has 0 spiro atoms. The highest BCUT2D eigenvalue weighted by Crippen LogP contribution is 2.34. The third-order valence-electron chi connectivity index (χ3n) is 4.21. The summed E-state index contributed by atoms with van der Waals surface area (Å²) in [5.41, 5.74) is 1.90. The van der Waals surface area contributed by atoms with Gasteiger partial charge in [0.2, 0.25) is 5.88 Å². The number of aromatic hydroxyl groups is 1. The molecule has 0 aliphatic heterocycles. The van der Waals surface area contributed by atoms with E-state index in [1.807, 2.05) is 13.8 Å². The highest BCUT2D eigenvalue weighted by atomic mass is 16.5. The Kier molecular flexibility index (Phi) is 5.40. The zero-order chi connectivity index (χ0) is 19.4. The summed E-state index contributed by atoms with van der Waals surface area (Å²) in [6.45, 7) is 4.93. The molecule has 1 amide bonds. The third-order valence-corrected chi connectivity index (χ3v) is 4.21. The van der Waals surface area contributed by atoms with Crippen LogP contribution < -0.4 is 4.74 Å². The molecule has 0 unspecified atom stereocenters. The fourth-order valence-corrected chi connectivity index (χ4v) is 2.70. The van der Waals surface area contributed by atoms with Crippen LogP contribution in [0, 0.1) is 0 Å². The van der Waals surface area contributed by atoms with Crippen LogP contribution >= 0.6 is 0 Å². The summed E-state index contributed by atoms with van der Waals surface area (Å²) >= 11 is 0. The van der Waals surface area contributed by atoms with Crippen LogP contribution in [-0.4, -0.2) is 46.1 Å². The lowest BCUT2D eigenvalue weighted by molar-refractivity contribution is 0.0734. The molecule has 0 aliphatic carbocycles. The molecule has 0 saturated heterocycles. The van der Waals surface area contributed by atoms with Gasteiger partial charge in [-0.3, -0.25) is 4.79 Å². The van der Waals surface area contributed by atoms with Gasteiger partial charge >= 0.3 is 5.91 Å². The predicted molar refractivity (Wildman–Crippen MR) is 101 cm³/mol. The highest BCUT2D eigenvalue weighted by Gasteiger charge is 2.24. The van der Waals surface area contributed by atoms with Crippen molar-refractivity contribution in [1.82, 2.24) is 14.9 Å². The first-order chi connectivity index (χ1) is 13.1. The van der Waals surface area contributed by atoms with Crippen LogP contribution in [0.5, 0.6) is 11.6 Å². The standard InChI is InChI=1S/C20H21N3O4/c1-4-23(5-2)20(25)19-22-17(14-8-11-16(26-3)21-12-14)18(27-19)13-6-9-15(24)10-7-13/h6-12,24H,4-5H2,1-3H3. The van der Waals surface area contributed by atoms with Gasteiger partial charge in [0.25, 0.3) is 5.89 Å². The summed E-state index contributed by atoms with van der Waals surface area (Å²) < 4.78 is 10.9. The monoisotopic (exact) mass is 367 g/mol. The molecular formula is C20H21N3O4. The number of ether oxygens (including phenoxy) is 1. The SMILES string of the molecule is CCN(CC)C(=O)c1nc(-c2ccc(OC)nc2)c(-c2ccc(O)cc2)o1. The molecule has 0 aliphatic rings. The molecule has 0 saturated carbocycles. The second-order valence-electron chi connectivity index (χ2n) is 5.81. The number of phenolic OH excluding ortho intramolecular Hbond substituents is 1. The number of methoxy groups -OCH3 is 1. The molecule has 1 N–H and O–H groups in total. The number of oxazole rings is 1. The first-order valence-corrected chi connectivity index (χ1v) is 8.67.